The van der Waals surface area contributed by atoms with Crippen molar-refractivity contribution < 1.29 is 4.79 Å². The van der Waals surface area contributed by atoms with E-state index in [1.807, 2.05) is 18.2 Å². The fourth-order valence-corrected chi connectivity index (χ4v) is 2.59. The van der Waals surface area contributed by atoms with E-state index in [-0.39, 0.29) is 18.4 Å². The van der Waals surface area contributed by atoms with Gasteiger partial charge in [-0.25, -0.2) is 0 Å². The van der Waals surface area contributed by atoms with Gasteiger partial charge in [0.05, 0.1) is 0 Å². The maximum absolute atomic E-state index is 11.6. The van der Waals surface area contributed by atoms with Crippen LogP contribution in [0.1, 0.15) is 25.3 Å². The molecule has 0 fully saturated rings. The molecule has 1 atom stereocenters. The van der Waals surface area contributed by atoms with Crippen LogP contribution in [0.25, 0.3) is 21.6 Å². The molecule has 0 spiro atoms. The zero-order chi connectivity index (χ0) is 18.6. The van der Waals surface area contributed by atoms with Crippen LogP contribution in [0.3, 0.4) is 0 Å². The Morgan fingerprint density at radius 1 is 1.08 bits per heavy atom. The molecule has 0 saturated carbocycles. The highest BCUT2D eigenvalue weighted by atomic mass is 16.1. The van der Waals surface area contributed by atoms with Gasteiger partial charge >= 0.3 is 0 Å². The first-order valence-electron chi connectivity index (χ1n) is 8.85. The molecular formula is C20H25N5O. The van der Waals surface area contributed by atoms with E-state index >= 15 is 0 Å². The maximum atomic E-state index is 11.6. The third kappa shape index (κ3) is 6.97. The number of carbonyl (C=O) groups is 1. The summed E-state index contributed by atoms with van der Waals surface area (Å²) in [5, 5.41) is 9.70. The summed E-state index contributed by atoms with van der Waals surface area (Å²) in [7, 11) is 0. The number of azide groups is 1. The van der Waals surface area contributed by atoms with Gasteiger partial charge in [0.15, 0.2) is 0 Å². The summed E-state index contributed by atoms with van der Waals surface area (Å²) in [4.78, 5) is 14.3. The molecule has 0 heterocycles. The van der Waals surface area contributed by atoms with Crippen molar-refractivity contribution >= 4 is 5.91 Å². The van der Waals surface area contributed by atoms with E-state index in [1.165, 1.54) is 16.7 Å². The number of rotatable bonds is 10. The van der Waals surface area contributed by atoms with Crippen LogP contribution in [0.2, 0.25) is 0 Å². The third-order valence-corrected chi connectivity index (χ3v) is 3.97. The third-order valence-electron chi connectivity index (χ3n) is 3.97. The Hall–Kier alpha value is -2.82. The second-order valence-electron chi connectivity index (χ2n) is 6.20. The Bertz CT molecular complexity index is 724. The highest BCUT2D eigenvalue weighted by molar-refractivity contribution is 5.76. The molecule has 6 heteroatoms. The molecule has 0 aromatic heterocycles. The summed E-state index contributed by atoms with van der Waals surface area (Å²) in [6.07, 6.45) is 1.08. The van der Waals surface area contributed by atoms with E-state index in [4.69, 9.17) is 5.53 Å². The second-order valence-corrected chi connectivity index (χ2v) is 6.20. The SMILES string of the molecule is CC(CC(=O)NCCCNCc1ccc(-c2ccccc2)cc1)N=[N+]=[N-]. The Balaban J connectivity index is 1.61. The molecular weight excluding hydrogens is 326 g/mol. The predicted octanol–water partition coefficient (Wildman–Crippen LogP) is 4.04. The Kier molecular flexibility index (Phi) is 8.19. The molecule has 26 heavy (non-hydrogen) atoms. The molecule has 6 nitrogen and oxygen atoms in total. The average molecular weight is 351 g/mol. The topological polar surface area (TPSA) is 89.9 Å². The second kappa shape index (κ2) is 10.9. The van der Waals surface area contributed by atoms with Gasteiger partial charge in [-0.3, -0.25) is 4.79 Å². The quantitative estimate of drug-likeness (QED) is 0.293. The number of benzene rings is 2. The van der Waals surface area contributed by atoms with Crippen molar-refractivity contribution in [2.24, 2.45) is 5.11 Å². The first-order valence-corrected chi connectivity index (χ1v) is 8.85. The summed E-state index contributed by atoms with van der Waals surface area (Å²) in [5.41, 5.74) is 12.0. The van der Waals surface area contributed by atoms with Crippen LogP contribution in [-0.2, 0) is 11.3 Å². The highest BCUT2D eigenvalue weighted by Gasteiger charge is 2.06. The molecule has 0 aliphatic carbocycles. The lowest BCUT2D eigenvalue weighted by Crippen LogP contribution is -2.28. The number of nitrogens with zero attached hydrogens (tertiary/aromatic N) is 3. The number of nitrogens with one attached hydrogen (secondary N) is 2. The van der Waals surface area contributed by atoms with Crippen molar-refractivity contribution in [1.82, 2.24) is 10.6 Å². The molecule has 0 aliphatic rings. The molecule has 2 rings (SSSR count). The summed E-state index contributed by atoms with van der Waals surface area (Å²) in [6.45, 7) is 3.97. The van der Waals surface area contributed by atoms with Crippen LogP contribution in [0.5, 0.6) is 0 Å². The summed E-state index contributed by atoms with van der Waals surface area (Å²) < 4.78 is 0. The highest BCUT2D eigenvalue weighted by Crippen LogP contribution is 2.19. The van der Waals surface area contributed by atoms with E-state index in [1.54, 1.807) is 6.92 Å². The van der Waals surface area contributed by atoms with Gasteiger partial charge in [0, 0.05) is 30.5 Å². The smallest absolute Gasteiger partial charge is 0.220 e. The maximum Gasteiger partial charge on any atom is 0.220 e. The Morgan fingerprint density at radius 2 is 1.77 bits per heavy atom. The molecule has 2 aromatic rings. The largest absolute Gasteiger partial charge is 0.356 e. The minimum absolute atomic E-state index is 0.0820. The van der Waals surface area contributed by atoms with Crippen molar-refractivity contribution in [3.05, 3.63) is 70.6 Å². The number of hydrogen-bond acceptors (Lipinski definition) is 3. The van der Waals surface area contributed by atoms with E-state index in [2.05, 4.69) is 57.1 Å². The predicted molar refractivity (Wildman–Crippen MR) is 104 cm³/mol. The minimum Gasteiger partial charge on any atom is -0.356 e. The van der Waals surface area contributed by atoms with Crippen molar-refractivity contribution in [1.29, 1.82) is 0 Å². The van der Waals surface area contributed by atoms with Gasteiger partial charge in [-0.2, -0.15) is 0 Å². The molecule has 1 amide bonds. The molecule has 0 bridgehead atoms. The Labute approximate surface area is 154 Å². The van der Waals surface area contributed by atoms with E-state index in [0.29, 0.717) is 6.54 Å². The first-order chi connectivity index (χ1) is 12.7. The first kappa shape index (κ1) is 19.5. The van der Waals surface area contributed by atoms with Crippen LogP contribution in [-0.4, -0.2) is 25.0 Å². The summed E-state index contributed by atoms with van der Waals surface area (Å²) in [5.74, 6) is -0.0820. The van der Waals surface area contributed by atoms with Crippen LogP contribution < -0.4 is 10.6 Å². The van der Waals surface area contributed by atoms with Gasteiger partial charge in [-0.1, -0.05) is 66.6 Å². The molecule has 0 radical (unpaired) electrons. The van der Waals surface area contributed by atoms with E-state index < -0.39 is 0 Å². The van der Waals surface area contributed by atoms with Crippen LogP contribution in [0, 0.1) is 0 Å². The lowest BCUT2D eigenvalue weighted by Gasteiger charge is -2.08. The monoisotopic (exact) mass is 351 g/mol. The van der Waals surface area contributed by atoms with E-state index in [9.17, 15) is 4.79 Å². The van der Waals surface area contributed by atoms with Crippen molar-refractivity contribution in [3.63, 3.8) is 0 Å². The zero-order valence-electron chi connectivity index (χ0n) is 15.1. The molecule has 0 saturated heterocycles. The molecule has 2 N–H and O–H groups in total. The molecule has 0 aliphatic heterocycles. The fourth-order valence-electron chi connectivity index (χ4n) is 2.59. The standard InChI is InChI=1S/C20H25N5O/c1-16(24-25-21)14-20(26)23-13-5-12-22-15-17-8-10-19(11-9-17)18-6-3-2-4-7-18/h2-4,6-11,16,22H,5,12-15H2,1H3,(H,23,26). The van der Waals surface area contributed by atoms with Gasteiger partial charge in [0.25, 0.3) is 0 Å². The number of carbonyl (C=O) groups excluding carboxylic acids is 1. The van der Waals surface area contributed by atoms with Gasteiger partial charge in [0.1, 0.15) is 0 Å². The van der Waals surface area contributed by atoms with Crippen molar-refractivity contribution in [2.75, 3.05) is 13.1 Å². The molecule has 1 unspecified atom stereocenters. The average Bonchev–Trinajstić information content (AvgIpc) is 2.66. The van der Waals surface area contributed by atoms with Gasteiger partial charge < -0.3 is 10.6 Å². The van der Waals surface area contributed by atoms with Crippen LogP contribution >= 0.6 is 0 Å². The zero-order valence-corrected chi connectivity index (χ0v) is 15.1. The van der Waals surface area contributed by atoms with Gasteiger partial charge in [0.2, 0.25) is 5.91 Å². The van der Waals surface area contributed by atoms with Crippen LogP contribution in [0.4, 0.5) is 0 Å². The summed E-state index contributed by atoms with van der Waals surface area (Å²) in [6, 6.07) is 18.5. The van der Waals surface area contributed by atoms with Crippen LogP contribution in [0.15, 0.2) is 59.7 Å². The number of hydrogen-bond donors (Lipinski definition) is 2. The molecule has 136 valence electrons. The minimum atomic E-state index is -0.308. The summed E-state index contributed by atoms with van der Waals surface area (Å²) >= 11 is 0. The van der Waals surface area contributed by atoms with E-state index in [0.717, 1.165) is 19.5 Å². The van der Waals surface area contributed by atoms with Gasteiger partial charge in [-0.15, -0.1) is 0 Å². The van der Waals surface area contributed by atoms with Gasteiger partial charge in [-0.05, 0) is 35.2 Å². The Morgan fingerprint density at radius 3 is 2.46 bits per heavy atom. The lowest BCUT2D eigenvalue weighted by molar-refractivity contribution is -0.121. The fraction of sp³-hybridized carbons (Fsp3) is 0.350. The number of amides is 1. The lowest BCUT2D eigenvalue weighted by atomic mass is 10.0. The normalized spacial score (nSPS) is 11.4. The van der Waals surface area contributed by atoms with Crippen molar-refractivity contribution in [3.8, 4) is 11.1 Å². The van der Waals surface area contributed by atoms with Crippen molar-refractivity contribution in [2.45, 2.75) is 32.4 Å². The molecule has 2 aromatic carbocycles.